The minimum absolute atomic E-state index is 0.353. The predicted molar refractivity (Wildman–Crippen MR) is 74.6 cm³/mol. The van der Waals surface area contributed by atoms with E-state index in [0.29, 0.717) is 19.1 Å². The highest BCUT2D eigenvalue weighted by Crippen LogP contribution is 2.24. The highest BCUT2D eigenvalue weighted by atomic mass is 16.5. The van der Waals surface area contributed by atoms with E-state index in [1.807, 2.05) is 30.3 Å². The Kier molecular flexibility index (Phi) is 4.34. The maximum atomic E-state index is 10.2. The van der Waals surface area contributed by atoms with Crippen LogP contribution in [0.1, 0.15) is 25.5 Å². The summed E-state index contributed by atoms with van der Waals surface area (Å²) in [4.78, 5) is 0. The number of hydrogen-bond acceptors (Lipinski definition) is 2. The second kappa shape index (κ2) is 5.98. The van der Waals surface area contributed by atoms with Crippen LogP contribution in [0, 0.1) is 5.92 Å². The zero-order valence-corrected chi connectivity index (χ0v) is 11.0. The number of aliphatic hydroxyl groups excluding tert-OH is 1. The fourth-order valence-corrected chi connectivity index (χ4v) is 2.05. The molecule has 0 bridgehead atoms. The molecule has 0 aliphatic rings. The quantitative estimate of drug-likeness (QED) is 0.871. The molecule has 0 saturated carbocycles. The van der Waals surface area contributed by atoms with E-state index in [4.69, 9.17) is 4.74 Å². The maximum absolute atomic E-state index is 10.2. The molecular formula is C16H20O2. The van der Waals surface area contributed by atoms with Crippen molar-refractivity contribution in [2.45, 2.75) is 20.0 Å². The molecule has 2 aromatic carbocycles. The van der Waals surface area contributed by atoms with Gasteiger partial charge in [0, 0.05) is 6.61 Å². The number of hydrogen-bond donors (Lipinski definition) is 1. The smallest absolute Gasteiger partial charge is 0.103 e. The van der Waals surface area contributed by atoms with Crippen LogP contribution in [-0.4, -0.2) is 18.3 Å². The highest BCUT2D eigenvalue weighted by molar-refractivity contribution is 5.85. The lowest BCUT2D eigenvalue weighted by Gasteiger charge is -2.15. The van der Waals surface area contributed by atoms with Crippen LogP contribution >= 0.6 is 0 Å². The summed E-state index contributed by atoms with van der Waals surface area (Å²) >= 11 is 0. The third-order valence-electron chi connectivity index (χ3n) is 2.91. The van der Waals surface area contributed by atoms with Gasteiger partial charge in [-0.15, -0.1) is 0 Å². The van der Waals surface area contributed by atoms with Crippen LogP contribution in [0.15, 0.2) is 42.5 Å². The monoisotopic (exact) mass is 244 g/mol. The second-order valence-electron chi connectivity index (χ2n) is 5.02. The Morgan fingerprint density at radius 1 is 1.00 bits per heavy atom. The predicted octanol–water partition coefficient (Wildman–Crippen LogP) is 3.55. The van der Waals surface area contributed by atoms with Gasteiger partial charge in [0.15, 0.2) is 0 Å². The number of aliphatic hydroxyl groups is 1. The third-order valence-corrected chi connectivity index (χ3v) is 2.91. The van der Waals surface area contributed by atoms with Crippen molar-refractivity contribution in [2.75, 3.05) is 13.2 Å². The van der Waals surface area contributed by atoms with Crippen molar-refractivity contribution in [3.8, 4) is 0 Å². The minimum atomic E-state index is -0.560. The molecule has 1 atom stereocenters. The highest BCUT2D eigenvalue weighted by Gasteiger charge is 2.11. The van der Waals surface area contributed by atoms with E-state index in [-0.39, 0.29) is 0 Å². The van der Waals surface area contributed by atoms with Gasteiger partial charge in [0.2, 0.25) is 0 Å². The van der Waals surface area contributed by atoms with Crippen molar-refractivity contribution in [3.05, 3.63) is 48.0 Å². The molecule has 2 aromatic rings. The number of benzene rings is 2. The molecule has 0 saturated heterocycles. The van der Waals surface area contributed by atoms with E-state index < -0.39 is 6.10 Å². The van der Waals surface area contributed by atoms with Gasteiger partial charge in [-0.25, -0.2) is 0 Å². The molecular weight excluding hydrogens is 224 g/mol. The van der Waals surface area contributed by atoms with Gasteiger partial charge in [0.05, 0.1) is 6.61 Å². The molecule has 0 aromatic heterocycles. The first kappa shape index (κ1) is 13.1. The van der Waals surface area contributed by atoms with E-state index in [2.05, 4.69) is 26.0 Å². The van der Waals surface area contributed by atoms with Crippen LogP contribution in [0.5, 0.6) is 0 Å². The Balaban J connectivity index is 2.15. The van der Waals surface area contributed by atoms with Crippen LogP contribution in [0.3, 0.4) is 0 Å². The van der Waals surface area contributed by atoms with E-state index >= 15 is 0 Å². The van der Waals surface area contributed by atoms with Crippen molar-refractivity contribution in [3.63, 3.8) is 0 Å². The molecule has 1 unspecified atom stereocenters. The van der Waals surface area contributed by atoms with Gasteiger partial charge in [-0.05, 0) is 22.3 Å². The van der Waals surface area contributed by atoms with Gasteiger partial charge in [-0.3, -0.25) is 0 Å². The van der Waals surface area contributed by atoms with E-state index in [1.165, 1.54) is 0 Å². The fourth-order valence-electron chi connectivity index (χ4n) is 2.05. The molecule has 0 radical (unpaired) electrons. The molecule has 18 heavy (non-hydrogen) atoms. The molecule has 2 heteroatoms. The number of fused-ring (bicyclic) bond motifs is 1. The molecule has 0 amide bonds. The summed E-state index contributed by atoms with van der Waals surface area (Å²) < 4.78 is 5.51. The van der Waals surface area contributed by atoms with E-state index in [1.54, 1.807) is 0 Å². The number of ether oxygens (including phenoxy) is 1. The second-order valence-corrected chi connectivity index (χ2v) is 5.02. The van der Waals surface area contributed by atoms with Crippen LogP contribution in [0.2, 0.25) is 0 Å². The van der Waals surface area contributed by atoms with Crippen LogP contribution in [0.4, 0.5) is 0 Å². The van der Waals surface area contributed by atoms with Gasteiger partial charge in [0.1, 0.15) is 6.10 Å². The fraction of sp³-hybridized carbons (Fsp3) is 0.375. The van der Waals surface area contributed by atoms with Gasteiger partial charge in [-0.2, -0.15) is 0 Å². The van der Waals surface area contributed by atoms with Crippen molar-refractivity contribution < 1.29 is 9.84 Å². The van der Waals surface area contributed by atoms with Crippen LogP contribution in [0.25, 0.3) is 10.8 Å². The first-order valence-electron chi connectivity index (χ1n) is 6.42. The zero-order chi connectivity index (χ0) is 13.0. The van der Waals surface area contributed by atoms with Gasteiger partial charge < -0.3 is 9.84 Å². The summed E-state index contributed by atoms with van der Waals surface area (Å²) in [6.45, 7) is 5.24. The topological polar surface area (TPSA) is 29.5 Å². The summed E-state index contributed by atoms with van der Waals surface area (Å²) in [7, 11) is 0. The summed E-state index contributed by atoms with van der Waals surface area (Å²) in [5.41, 5.74) is 0.942. The van der Waals surface area contributed by atoms with E-state index in [0.717, 1.165) is 16.3 Å². The summed E-state index contributed by atoms with van der Waals surface area (Å²) in [6.07, 6.45) is -0.560. The zero-order valence-electron chi connectivity index (χ0n) is 11.0. The molecule has 0 spiro atoms. The summed E-state index contributed by atoms with van der Waals surface area (Å²) in [5, 5.41) is 12.5. The standard InChI is InChI=1S/C16H20O2/c1-12(2)10-18-11-16(17)15-9-5-7-13-6-3-4-8-14(13)15/h3-9,12,16-17H,10-11H2,1-2H3. The Bertz CT molecular complexity index is 500. The summed E-state index contributed by atoms with van der Waals surface area (Å²) in [6, 6.07) is 14.1. The molecule has 96 valence electrons. The lowest BCUT2D eigenvalue weighted by atomic mass is 10.0. The van der Waals surface area contributed by atoms with Crippen molar-refractivity contribution in [1.82, 2.24) is 0 Å². The SMILES string of the molecule is CC(C)COCC(O)c1cccc2ccccc12. The molecule has 0 aliphatic heterocycles. The largest absolute Gasteiger partial charge is 0.386 e. The first-order chi connectivity index (χ1) is 8.68. The summed E-state index contributed by atoms with van der Waals surface area (Å²) in [5.74, 6) is 0.490. The van der Waals surface area contributed by atoms with Crippen LogP contribution in [-0.2, 0) is 4.74 Å². The van der Waals surface area contributed by atoms with Crippen molar-refractivity contribution >= 4 is 10.8 Å². The first-order valence-corrected chi connectivity index (χ1v) is 6.42. The Labute approximate surface area is 108 Å². The van der Waals surface area contributed by atoms with Gasteiger partial charge >= 0.3 is 0 Å². The third kappa shape index (κ3) is 3.09. The Morgan fingerprint density at radius 3 is 2.50 bits per heavy atom. The minimum Gasteiger partial charge on any atom is -0.386 e. The van der Waals surface area contributed by atoms with E-state index in [9.17, 15) is 5.11 Å². The molecule has 0 aliphatic carbocycles. The Hall–Kier alpha value is -1.38. The van der Waals surface area contributed by atoms with Crippen LogP contribution < -0.4 is 0 Å². The average molecular weight is 244 g/mol. The molecule has 0 heterocycles. The lowest BCUT2D eigenvalue weighted by molar-refractivity contribution is 0.0256. The normalized spacial score (nSPS) is 13.1. The molecule has 1 N–H and O–H groups in total. The van der Waals surface area contributed by atoms with Gasteiger partial charge in [-0.1, -0.05) is 56.3 Å². The number of rotatable bonds is 5. The lowest BCUT2D eigenvalue weighted by Crippen LogP contribution is -2.11. The molecule has 2 rings (SSSR count). The average Bonchev–Trinajstić information content (AvgIpc) is 2.37. The van der Waals surface area contributed by atoms with Gasteiger partial charge in [0.25, 0.3) is 0 Å². The van der Waals surface area contributed by atoms with Crippen molar-refractivity contribution in [2.24, 2.45) is 5.92 Å². The maximum Gasteiger partial charge on any atom is 0.103 e. The molecule has 0 fully saturated rings. The Morgan fingerprint density at radius 2 is 1.72 bits per heavy atom. The van der Waals surface area contributed by atoms with Crippen molar-refractivity contribution in [1.29, 1.82) is 0 Å². The molecule has 2 nitrogen and oxygen atoms in total.